The number of para-hydroxylation sites is 3. The van der Waals surface area contributed by atoms with E-state index in [2.05, 4.69) is 0 Å². The molecule has 0 unspecified atom stereocenters. The molecule has 4 heteroatoms. The maximum absolute atomic E-state index is 12.1. The Labute approximate surface area is 102 Å². The first-order valence-electron chi connectivity index (χ1n) is 5.56. The lowest BCUT2D eigenvalue weighted by molar-refractivity contribution is -0.113. The Balaban J connectivity index is 2.09. The number of ketones is 1. The lowest BCUT2D eigenvalue weighted by Gasteiger charge is -2.26. The van der Waals surface area contributed by atoms with Crippen LogP contribution in [-0.2, 0) is 4.79 Å². The summed E-state index contributed by atoms with van der Waals surface area (Å²) < 4.78 is 5.72. The number of benzene rings is 2. The number of amides is 1. The minimum atomic E-state index is -0.520. The normalized spacial score (nSPS) is 15.2. The predicted molar refractivity (Wildman–Crippen MR) is 64.4 cm³/mol. The third-order valence-corrected chi connectivity index (χ3v) is 3.19. The summed E-state index contributed by atoms with van der Waals surface area (Å²) in [7, 11) is 0. The predicted octanol–water partition coefficient (Wildman–Crippen LogP) is 2.65. The number of anilines is 2. The first-order chi connectivity index (χ1) is 8.77. The van der Waals surface area contributed by atoms with Crippen LogP contribution in [-0.4, -0.2) is 11.7 Å². The van der Waals surface area contributed by atoms with E-state index in [0.717, 1.165) is 0 Å². The van der Waals surface area contributed by atoms with Gasteiger partial charge in [-0.2, -0.15) is 0 Å². The van der Waals surface area contributed by atoms with Gasteiger partial charge in [-0.25, -0.2) is 0 Å². The molecule has 0 fully saturated rings. The van der Waals surface area contributed by atoms with Gasteiger partial charge in [0.2, 0.25) is 0 Å². The Hall–Kier alpha value is -2.62. The van der Waals surface area contributed by atoms with Crippen LogP contribution in [0.1, 0.15) is 10.4 Å². The van der Waals surface area contributed by atoms with Crippen LogP contribution >= 0.6 is 0 Å². The fraction of sp³-hybridized carbons (Fsp3) is 0. The molecular formula is C14H7NO3. The van der Waals surface area contributed by atoms with Gasteiger partial charge in [-0.15, -0.1) is 0 Å². The third kappa shape index (κ3) is 0.953. The van der Waals surface area contributed by atoms with Gasteiger partial charge in [0.1, 0.15) is 5.69 Å². The summed E-state index contributed by atoms with van der Waals surface area (Å²) in [5.41, 5.74) is 1.59. The molecule has 0 aromatic heterocycles. The van der Waals surface area contributed by atoms with E-state index in [9.17, 15) is 9.59 Å². The van der Waals surface area contributed by atoms with Gasteiger partial charge < -0.3 is 4.74 Å². The molecule has 0 saturated carbocycles. The molecule has 86 valence electrons. The van der Waals surface area contributed by atoms with Crippen LogP contribution in [0.3, 0.4) is 0 Å². The zero-order valence-corrected chi connectivity index (χ0v) is 9.21. The van der Waals surface area contributed by atoms with Crippen LogP contribution in [0.4, 0.5) is 11.4 Å². The van der Waals surface area contributed by atoms with Crippen LogP contribution < -0.4 is 9.64 Å². The van der Waals surface area contributed by atoms with Crippen molar-refractivity contribution < 1.29 is 14.3 Å². The molecule has 0 aliphatic carbocycles. The molecule has 1 amide bonds. The number of rotatable bonds is 0. The van der Waals surface area contributed by atoms with E-state index in [1.165, 1.54) is 4.90 Å². The minimum absolute atomic E-state index is 0.409. The summed E-state index contributed by atoms with van der Waals surface area (Å²) in [5.74, 6) is 0.135. The zero-order valence-electron chi connectivity index (χ0n) is 9.21. The summed E-state index contributed by atoms with van der Waals surface area (Å²) in [6.45, 7) is 0. The number of carbonyl (C=O) groups excluding carboxylic acids is 2. The van der Waals surface area contributed by atoms with Crippen LogP contribution in [0.25, 0.3) is 0 Å². The first kappa shape index (κ1) is 9.41. The molecule has 2 heterocycles. The molecule has 0 spiro atoms. The van der Waals surface area contributed by atoms with Gasteiger partial charge in [-0.1, -0.05) is 18.2 Å². The number of nitrogens with zero attached hydrogens (tertiary/aromatic N) is 1. The van der Waals surface area contributed by atoms with E-state index in [1.54, 1.807) is 30.3 Å². The number of ether oxygens (including phenoxy) is 1. The molecular weight excluding hydrogens is 230 g/mol. The van der Waals surface area contributed by atoms with Crippen molar-refractivity contribution >= 4 is 23.1 Å². The van der Waals surface area contributed by atoms with Crippen molar-refractivity contribution in [3.63, 3.8) is 0 Å². The summed E-state index contributed by atoms with van der Waals surface area (Å²) in [6, 6.07) is 12.3. The van der Waals surface area contributed by atoms with Crippen molar-refractivity contribution in [2.75, 3.05) is 4.90 Å². The van der Waals surface area contributed by atoms with Crippen LogP contribution in [0, 0.1) is 0 Å². The molecule has 4 nitrogen and oxygen atoms in total. The maximum Gasteiger partial charge on any atom is 0.304 e. The van der Waals surface area contributed by atoms with E-state index < -0.39 is 11.7 Å². The second-order valence-electron chi connectivity index (χ2n) is 4.19. The van der Waals surface area contributed by atoms with E-state index in [0.29, 0.717) is 28.4 Å². The quantitative estimate of drug-likeness (QED) is 0.662. The smallest absolute Gasteiger partial charge is 0.304 e. The van der Waals surface area contributed by atoms with Crippen LogP contribution in [0.5, 0.6) is 11.5 Å². The van der Waals surface area contributed by atoms with E-state index in [1.807, 2.05) is 12.1 Å². The van der Waals surface area contributed by atoms with Crippen molar-refractivity contribution in [2.45, 2.75) is 0 Å². The van der Waals surface area contributed by atoms with E-state index in [4.69, 9.17) is 4.74 Å². The molecule has 4 rings (SSSR count). The fourth-order valence-corrected chi connectivity index (χ4v) is 2.41. The average Bonchev–Trinajstić information content (AvgIpc) is 2.66. The first-order valence-corrected chi connectivity index (χ1v) is 5.56. The van der Waals surface area contributed by atoms with Gasteiger partial charge in [0.25, 0.3) is 5.78 Å². The van der Waals surface area contributed by atoms with Gasteiger partial charge >= 0.3 is 5.91 Å². The number of hydrogen-bond acceptors (Lipinski definition) is 3. The lowest BCUT2D eigenvalue weighted by atomic mass is 10.1. The monoisotopic (exact) mass is 237 g/mol. The van der Waals surface area contributed by atoms with Crippen LogP contribution in [0.15, 0.2) is 42.5 Å². The highest BCUT2D eigenvalue weighted by atomic mass is 16.5. The second-order valence-corrected chi connectivity index (χ2v) is 4.19. The Kier molecular flexibility index (Phi) is 1.56. The van der Waals surface area contributed by atoms with Crippen molar-refractivity contribution in [3.8, 4) is 11.5 Å². The standard InChI is InChI=1S/C14H7NO3/c16-13-8-4-3-7-11-12(8)15(14(13)17)9-5-1-2-6-10(9)18-11/h1-7H. The van der Waals surface area contributed by atoms with Gasteiger partial charge in [0, 0.05) is 0 Å². The molecule has 0 saturated heterocycles. The summed E-state index contributed by atoms with van der Waals surface area (Å²) >= 11 is 0. The Morgan fingerprint density at radius 1 is 0.889 bits per heavy atom. The highest BCUT2D eigenvalue weighted by Crippen LogP contribution is 2.50. The Morgan fingerprint density at radius 2 is 1.67 bits per heavy atom. The highest BCUT2D eigenvalue weighted by Gasteiger charge is 2.42. The molecule has 2 aliphatic rings. The molecule has 2 aliphatic heterocycles. The largest absolute Gasteiger partial charge is 0.453 e. The van der Waals surface area contributed by atoms with Gasteiger partial charge in [-0.05, 0) is 24.3 Å². The number of hydrogen-bond donors (Lipinski definition) is 0. The van der Waals surface area contributed by atoms with Gasteiger partial charge in [-0.3, -0.25) is 14.5 Å². The second kappa shape index (κ2) is 2.98. The average molecular weight is 237 g/mol. The fourth-order valence-electron chi connectivity index (χ4n) is 2.41. The molecule has 0 atom stereocenters. The van der Waals surface area contributed by atoms with E-state index >= 15 is 0 Å². The number of Topliss-reactive ketones (excluding diaryl/α,β-unsaturated/α-hetero) is 1. The van der Waals surface area contributed by atoms with E-state index in [-0.39, 0.29) is 0 Å². The van der Waals surface area contributed by atoms with Crippen molar-refractivity contribution in [1.29, 1.82) is 0 Å². The third-order valence-electron chi connectivity index (χ3n) is 3.19. The SMILES string of the molecule is O=C1C(=O)N2c3ccccc3Oc3cccc1c32. The Bertz CT molecular complexity index is 721. The van der Waals surface area contributed by atoms with Crippen molar-refractivity contribution in [2.24, 2.45) is 0 Å². The summed E-state index contributed by atoms with van der Waals surface area (Å²) in [4.78, 5) is 25.4. The lowest BCUT2D eigenvalue weighted by Crippen LogP contribution is -2.26. The molecule has 18 heavy (non-hydrogen) atoms. The topological polar surface area (TPSA) is 46.6 Å². The molecule has 2 aromatic carbocycles. The maximum atomic E-state index is 12.1. The highest BCUT2D eigenvalue weighted by molar-refractivity contribution is 6.54. The molecule has 0 bridgehead atoms. The number of fused-ring (bicyclic) bond motifs is 2. The van der Waals surface area contributed by atoms with Crippen molar-refractivity contribution in [1.82, 2.24) is 0 Å². The summed E-state index contributed by atoms with van der Waals surface area (Å²) in [5, 5.41) is 0. The molecule has 0 radical (unpaired) electrons. The zero-order chi connectivity index (χ0) is 12.3. The minimum Gasteiger partial charge on any atom is -0.453 e. The molecule has 2 aromatic rings. The number of carbonyl (C=O) groups is 2. The van der Waals surface area contributed by atoms with Crippen LogP contribution in [0.2, 0.25) is 0 Å². The Morgan fingerprint density at radius 3 is 2.56 bits per heavy atom. The summed E-state index contributed by atoms with van der Waals surface area (Å²) in [6.07, 6.45) is 0. The van der Waals surface area contributed by atoms with Crippen molar-refractivity contribution in [3.05, 3.63) is 48.0 Å². The van der Waals surface area contributed by atoms with Gasteiger partial charge in [0.15, 0.2) is 11.5 Å². The molecule has 0 N–H and O–H groups in total. The van der Waals surface area contributed by atoms with Gasteiger partial charge in [0.05, 0.1) is 11.3 Å².